The summed E-state index contributed by atoms with van der Waals surface area (Å²) in [5.41, 5.74) is 1.31. The summed E-state index contributed by atoms with van der Waals surface area (Å²) in [7, 11) is 0. The van der Waals surface area contributed by atoms with Gasteiger partial charge in [-0.3, -0.25) is 14.0 Å². The first kappa shape index (κ1) is 30.7. The van der Waals surface area contributed by atoms with E-state index in [1.54, 1.807) is 12.3 Å². The fourth-order valence-corrected chi connectivity index (χ4v) is 5.48. The Morgan fingerprint density at radius 2 is 1.77 bits per heavy atom. The van der Waals surface area contributed by atoms with Crippen molar-refractivity contribution >= 4 is 17.5 Å². The second-order valence-electron chi connectivity index (χ2n) is 11.2. The molecule has 0 aromatic carbocycles. The highest BCUT2D eigenvalue weighted by Gasteiger charge is 2.40. The van der Waals surface area contributed by atoms with Gasteiger partial charge in [-0.15, -0.1) is 0 Å². The Kier molecular flexibility index (Phi) is 8.92. The van der Waals surface area contributed by atoms with Crippen LogP contribution in [0.15, 0.2) is 24.8 Å². The van der Waals surface area contributed by atoms with Crippen LogP contribution >= 0.6 is 0 Å². The largest absolute Gasteiger partial charge is 0.389 e. The number of halogens is 6. The van der Waals surface area contributed by atoms with E-state index in [1.807, 2.05) is 0 Å². The van der Waals surface area contributed by atoms with E-state index in [0.717, 1.165) is 12.8 Å². The number of nitrogens with one attached hydrogen (secondary N) is 2. The van der Waals surface area contributed by atoms with Crippen LogP contribution in [0.3, 0.4) is 0 Å². The van der Waals surface area contributed by atoms with Crippen LogP contribution in [0.1, 0.15) is 91.7 Å². The lowest BCUT2D eigenvalue weighted by Crippen LogP contribution is -2.38. The summed E-state index contributed by atoms with van der Waals surface area (Å²) in [6.45, 7) is -0.468. The van der Waals surface area contributed by atoms with Gasteiger partial charge < -0.3 is 10.6 Å². The van der Waals surface area contributed by atoms with Gasteiger partial charge in [-0.05, 0) is 55.6 Å². The first-order valence-corrected chi connectivity index (χ1v) is 14.3. The maximum atomic E-state index is 14.0. The highest BCUT2D eigenvalue weighted by Crippen LogP contribution is 2.43. The van der Waals surface area contributed by atoms with Crippen LogP contribution in [0.4, 0.5) is 26.3 Å². The number of carbonyl (C=O) groups is 2. The summed E-state index contributed by atoms with van der Waals surface area (Å²) in [6.07, 6.45) is -0.768. The van der Waals surface area contributed by atoms with Crippen LogP contribution in [0.25, 0.3) is 5.65 Å². The number of imidazole rings is 1. The summed E-state index contributed by atoms with van der Waals surface area (Å²) in [5, 5.41) is 13.9. The van der Waals surface area contributed by atoms with Gasteiger partial charge in [-0.1, -0.05) is 0 Å². The van der Waals surface area contributed by atoms with Crippen LogP contribution in [0.2, 0.25) is 0 Å². The molecule has 2 aliphatic rings. The van der Waals surface area contributed by atoms with Crippen molar-refractivity contribution in [1.29, 1.82) is 0 Å². The van der Waals surface area contributed by atoms with E-state index in [4.69, 9.17) is 0 Å². The molecule has 0 bridgehead atoms. The molecule has 16 heteroatoms. The molecule has 0 radical (unpaired) electrons. The molecule has 0 spiro atoms. The normalized spacial score (nSPS) is 18.8. The standard InChI is InChI=1S/C27H32F6N8O2/c28-10-1-11-40-24(34-15-36-40)25(43)39-23(17-4-7-26(29,30)8-5-17)19-14-41-20(37-19)12-18(13-35-41)22(16-2-3-16)38-21(42)6-9-27(31,32)33/h12-17,22-23H,1-11H2,(H,38,42)(H,39,43)/t22-,23+/m1/s1. The first-order chi connectivity index (χ1) is 20.4. The zero-order valence-electron chi connectivity index (χ0n) is 23.2. The number of aromatic nitrogens is 6. The fraction of sp³-hybridized carbons (Fsp3) is 0.630. The van der Waals surface area contributed by atoms with Crippen molar-refractivity contribution in [2.45, 2.75) is 88.5 Å². The molecular formula is C27H32F6N8O2. The van der Waals surface area contributed by atoms with Crippen LogP contribution in [-0.4, -0.2) is 60.0 Å². The highest BCUT2D eigenvalue weighted by atomic mass is 19.4. The molecule has 2 atom stereocenters. The zero-order chi connectivity index (χ0) is 30.8. The maximum absolute atomic E-state index is 14.0. The summed E-state index contributed by atoms with van der Waals surface area (Å²) < 4.78 is 81.3. The Bertz CT molecular complexity index is 1430. The molecule has 5 rings (SSSR count). The molecule has 0 saturated heterocycles. The number of aryl methyl sites for hydroxylation is 1. The van der Waals surface area contributed by atoms with E-state index in [-0.39, 0.29) is 56.3 Å². The van der Waals surface area contributed by atoms with Crippen molar-refractivity contribution in [3.63, 3.8) is 0 Å². The van der Waals surface area contributed by atoms with Crippen molar-refractivity contribution in [3.8, 4) is 0 Å². The Morgan fingerprint density at radius 3 is 2.44 bits per heavy atom. The second-order valence-corrected chi connectivity index (χ2v) is 11.2. The van der Waals surface area contributed by atoms with Gasteiger partial charge >= 0.3 is 6.18 Å². The third kappa shape index (κ3) is 7.82. The molecule has 43 heavy (non-hydrogen) atoms. The molecular weight excluding hydrogens is 582 g/mol. The molecule has 2 N–H and O–H groups in total. The van der Waals surface area contributed by atoms with Gasteiger partial charge in [0.25, 0.3) is 5.91 Å². The van der Waals surface area contributed by atoms with Crippen LogP contribution in [-0.2, 0) is 11.3 Å². The van der Waals surface area contributed by atoms with E-state index in [0.29, 0.717) is 16.9 Å². The number of nitrogens with zero attached hydrogens (tertiary/aromatic N) is 6. The molecule has 0 unspecified atom stereocenters. The molecule has 3 aromatic rings. The summed E-state index contributed by atoms with van der Waals surface area (Å²) in [6, 6.07) is 0.358. The molecule has 234 valence electrons. The molecule has 2 fully saturated rings. The maximum Gasteiger partial charge on any atom is 0.389 e. The van der Waals surface area contributed by atoms with Gasteiger partial charge in [-0.2, -0.15) is 23.4 Å². The number of carbonyl (C=O) groups excluding carboxylic acids is 2. The molecule has 0 aliphatic heterocycles. The Labute approximate surface area is 242 Å². The van der Waals surface area contributed by atoms with Gasteiger partial charge in [0.2, 0.25) is 17.7 Å². The van der Waals surface area contributed by atoms with Gasteiger partial charge in [0.1, 0.15) is 6.33 Å². The van der Waals surface area contributed by atoms with E-state index < -0.39 is 55.5 Å². The number of hydrogen-bond donors (Lipinski definition) is 2. The second kappa shape index (κ2) is 12.5. The highest BCUT2D eigenvalue weighted by molar-refractivity contribution is 5.90. The van der Waals surface area contributed by atoms with E-state index in [9.17, 15) is 35.9 Å². The fourth-order valence-electron chi connectivity index (χ4n) is 5.48. The minimum absolute atomic E-state index is 0.0442. The number of amides is 2. The van der Waals surface area contributed by atoms with Gasteiger partial charge in [0.05, 0.1) is 43.3 Å². The van der Waals surface area contributed by atoms with E-state index >= 15 is 0 Å². The molecule has 2 saturated carbocycles. The van der Waals surface area contributed by atoms with Gasteiger partial charge in [0, 0.05) is 25.8 Å². The summed E-state index contributed by atoms with van der Waals surface area (Å²) in [4.78, 5) is 34.2. The third-order valence-corrected chi connectivity index (χ3v) is 7.93. The minimum Gasteiger partial charge on any atom is -0.349 e. The van der Waals surface area contributed by atoms with Gasteiger partial charge in [-0.25, -0.2) is 27.9 Å². The zero-order valence-corrected chi connectivity index (χ0v) is 23.2. The molecule has 10 nitrogen and oxygen atoms in total. The lowest BCUT2D eigenvalue weighted by Gasteiger charge is -2.33. The van der Waals surface area contributed by atoms with Gasteiger partial charge in [0.15, 0.2) is 5.65 Å². The van der Waals surface area contributed by atoms with Crippen molar-refractivity contribution in [2.24, 2.45) is 11.8 Å². The average molecular weight is 615 g/mol. The molecule has 3 aromatic heterocycles. The SMILES string of the molecule is O=C(CCC(F)(F)F)N[C@@H](c1cnn2cc([C@@H](NC(=O)c3ncnn3CCCF)C3CCC(F)(F)CC3)nc2c1)C1CC1. The predicted octanol–water partition coefficient (Wildman–Crippen LogP) is 4.89. The quantitative estimate of drug-likeness (QED) is 0.281. The number of hydrogen-bond acceptors (Lipinski definition) is 6. The Morgan fingerprint density at radius 1 is 1.05 bits per heavy atom. The minimum atomic E-state index is -4.44. The lowest BCUT2D eigenvalue weighted by molar-refractivity contribution is -0.144. The monoisotopic (exact) mass is 614 g/mol. The van der Waals surface area contributed by atoms with E-state index in [1.165, 1.54) is 21.7 Å². The number of rotatable bonds is 12. The van der Waals surface area contributed by atoms with Crippen molar-refractivity contribution in [1.82, 2.24) is 40.0 Å². The smallest absolute Gasteiger partial charge is 0.349 e. The van der Waals surface area contributed by atoms with Crippen molar-refractivity contribution in [2.75, 3.05) is 6.67 Å². The van der Waals surface area contributed by atoms with Crippen molar-refractivity contribution < 1.29 is 35.9 Å². The van der Waals surface area contributed by atoms with Crippen LogP contribution < -0.4 is 10.6 Å². The predicted molar refractivity (Wildman–Crippen MR) is 140 cm³/mol. The summed E-state index contributed by atoms with van der Waals surface area (Å²) in [5.74, 6) is -4.48. The third-order valence-electron chi connectivity index (χ3n) is 7.93. The molecule has 2 aliphatic carbocycles. The Hall–Kier alpha value is -3.72. The van der Waals surface area contributed by atoms with Crippen molar-refractivity contribution in [3.05, 3.63) is 41.9 Å². The van der Waals surface area contributed by atoms with E-state index in [2.05, 4.69) is 30.8 Å². The van der Waals surface area contributed by atoms with Crippen LogP contribution in [0.5, 0.6) is 0 Å². The number of fused-ring (bicyclic) bond motifs is 1. The lowest BCUT2D eigenvalue weighted by atomic mass is 9.81. The van der Waals surface area contributed by atoms with Crippen LogP contribution in [0, 0.1) is 11.8 Å². The number of alkyl halides is 6. The molecule has 3 heterocycles. The molecule has 2 amide bonds. The summed E-state index contributed by atoms with van der Waals surface area (Å²) >= 11 is 0. The first-order valence-electron chi connectivity index (χ1n) is 14.3. The Balaban J connectivity index is 1.39. The topological polar surface area (TPSA) is 119 Å². The average Bonchev–Trinajstić information content (AvgIpc) is 3.53.